The molecule has 0 spiro atoms. The first kappa shape index (κ1) is 21.6. The molecule has 1 atom stereocenters. The Morgan fingerprint density at radius 2 is 1.84 bits per heavy atom. The van der Waals surface area contributed by atoms with Crippen LogP contribution < -0.4 is 10.1 Å². The predicted molar refractivity (Wildman–Crippen MR) is 129 cm³/mol. The highest BCUT2D eigenvalue weighted by atomic mass is 16.5. The SMILES string of the molecule is C=C(c1ccc(C)c(NC(=O)c2ccc(C)nc2)c1)N1CCC(c2ccc(OC)cc2)C1. The summed E-state index contributed by atoms with van der Waals surface area (Å²) in [5, 5.41) is 3.03. The molecular weight excluding hydrogens is 398 g/mol. The molecule has 5 nitrogen and oxygen atoms in total. The maximum absolute atomic E-state index is 12.7. The van der Waals surface area contributed by atoms with E-state index in [0.717, 1.165) is 53.5 Å². The minimum absolute atomic E-state index is 0.163. The van der Waals surface area contributed by atoms with Crippen LogP contribution >= 0.6 is 0 Å². The fourth-order valence-corrected chi connectivity index (χ4v) is 4.07. The van der Waals surface area contributed by atoms with E-state index in [2.05, 4.69) is 40.0 Å². The second kappa shape index (κ2) is 9.27. The Bertz CT molecular complexity index is 1120. The Balaban J connectivity index is 1.46. The molecule has 1 N–H and O–H groups in total. The van der Waals surface area contributed by atoms with Crippen LogP contribution in [0.2, 0.25) is 0 Å². The van der Waals surface area contributed by atoms with Crippen molar-refractivity contribution in [2.24, 2.45) is 0 Å². The van der Waals surface area contributed by atoms with E-state index in [1.54, 1.807) is 19.4 Å². The second-order valence-electron chi connectivity index (χ2n) is 8.32. The molecule has 1 aliphatic heterocycles. The summed E-state index contributed by atoms with van der Waals surface area (Å²) in [5.74, 6) is 1.18. The van der Waals surface area contributed by atoms with E-state index in [4.69, 9.17) is 4.74 Å². The lowest BCUT2D eigenvalue weighted by Crippen LogP contribution is -2.18. The van der Waals surface area contributed by atoms with Gasteiger partial charge in [-0.3, -0.25) is 9.78 Å². The van der Waals surface area contributed by atoms with E-state index in [9.17, 15) is 4.79 Å². The molecule has 1 saturated heterocycles. The van der Waals surface area contributed by atoms with Gasteiger partial charge in [-0.05, 0) is 67.3 Å². The molecule has 1 aliphatic rings. The summed E-state index contributed by atoms with van der Waals surface area (Å²) in [4.78, 5) is 19.2. The normalized spacial score (nSPS) is 15.5. The molecule has 0 saturated carbocycles. The highest BCUT2D eigenvalue weighted by Crippen LogP contribution is 2.33. The number of amides is 1. The van der Waals surface area contributed by atoms with E-state index in [-0.39, 0.29) is 5.91 Å². The maximum atomic E-state index is 12.7. The second-order valence-corrected chi connectivity index (χ2v) is 8.32. The number of benzene rings is 2. The third-order valence-electron chi connectivity index (χ3n) is 6.15. The Morgan fingerprint density at radius 3 is 2.53 bits per heavy atom. The zero-order valence-corrected chi connectivity index (χ0v) is 18.9. The molecular formula is C27H29N3O2. The molecule has 3 aromatic rings. The van der Waals surface area contributed by atoms with Crippen molar-refractivity contribution in [2.45, 2.75) is 26.2 Å². The maximum Gasteiger partial charge on any atom is 0.257 e. The molecule has 2 heterocycles. The number of pyridine rings is 1. The van der Waals surface area contributed by atoms with Gasteiger partial charge in [0.05, 0.1) is 12.7 Å². The third-order valence-corrected chi connectivity index (χ3v) is 6.15. The third kappa shape index (κ3) is 4.67. The Hall–Kier alpha value is -3.60. The van der Waals surface area contributed by atoms with Crippen molar-refractivity contribution < 1.29 is 9.53 Å². The molecule has 1 aromatic heterocycles. The van der Waals surface area contributed by atoms with E-state index in [1.807, 2.05) is 44.2 Å². The number of anilines is 1. The van der Waals surface area contributed by atoms with Crippen molar-refractivity contribution in [2.75, 3.05) is 25.5 Å². The van der Waals surface area contributed by atoms with Gasteiger partial charge in [0.2, 0.25) is 0 Å². The van der Waals surface area contributed by atoms with Crippen molar-refractivity contribution >= 4 is 17.3 Å². The van der Waals surface area contributed by atoms with Crippen molar-refractivity contribution in [1.29, 1.82) is 0 Å². The average Bonchev–Trinajstić information content (AvgIpc) is 3.31. The van der Waals surface area contributed by atoms with Crippen LogP contribution in [0.15, 0.2) is 67.4 Å². The Labute approximate surface area is 189 Å². The number of nitrogens with one attached hydrogen (secondary N) is 1. The quantitative estimate of drug-likeness (QED) is 0.571. The lowest BCUT2D eigenvalue weighted by atomic mass is 9.98. The van der Waals surface area contributed by atoms with E-state index >= 15 is 0 Å². The van der Waals surface area contributed by atoms with Gasteiger partial charge in [0.1, 0.15) is 5.75 Å². The number of carbonyl (C=O) groups is 1. The van der Waals surface area contributed by atoms with E-state index in [0.29, 0.717) is 11.5 Å². The van der Waals surface area contributed by atoms with Crippen molar-refractivity contribution in [3.05, 3.63) is 95.3 Å². The predicted octanol–water partition coefficient (Wildman–Crippen LogP) is 5.42. The van der Waals surface area contributed by atoms with Gasteiger partial charge in [-0.15, -0.1) is 0 Å². The fraction of sp³-hybridized carbons (Fsp3) is 0.259. The van der Waals surface area contributed by atoms with Gasteiger partial charge in [0.25, 0.3) is 5.91 Å². The highest BCUT2D eigenvalue weighted by molar-refractivity contribution is 6.04. The molecule has 0 bridgehead atoms. The number of likely N-dealkylation sites (tertiary alicyclic amines) is 1. The summed E-state index contributed by atoms with van der Waals surface area (Å²) in [7, 11) is 1.69. The molecule has 4 rings (SSSR count). The topological polar surface area (TPSA) is 54.5 Å². The Kier molecular flexibility index (Phi) is 6.26. The highest BCUT2D eigenvalue weighted by Gasteiger charge is 2.25. The molecule has 1 fully saturated rings. The van der Waals surface area contributed by atoms with Gasteiger partial charge in [0, 0.05) is 42.3 Å². The van der Waals surface area contributed by atoms with Gasteiger partial charge in [-0.25, -0.2) is 0 Å². The van der Waals surface area contributed by atoms with Crippen LogP contribution in [-0.2, 0) is 0 Å². The van der Waals surface area contributed by atoms with Crippen LogP contribution in [0.25, 0.3) is 5.70 Å². The molecule has 5 heteroatoms. The first-order chi connectivity index (χ1) is 15.4. The molecule has 0 aliphatic carbocycles. The summed E-state index contributed by atoms with van der Waals surface area (Å²) in [6.45, 7) is 10.1. The number of aromatic nitrogens is 1. The van der Waals surface area contributed by atoms with Crippen LogP contribution in [0, 0.1) is 13.8 Å². The zero-order chi connectivity index (χ0) is 22.7. The number of hydrogen-bond acceptors (Lipinski definition) is 4. The van der Waals surface area contributed by atoms with Gasteiger partial charge in [-0.2, -0.15) is 0 Å². The fourth-order valence-electron chi connectivity index (χ4n) is 4.07. The van der Waals surface area contributed by atoms with Gasteiger partial charge < -0.3 is 15.0 Å². The van der Waals surface area contributed by atoms with Crippen molar-refractivity contribution in [1.82, 2.24) is 9.88 Å². The number of methoxy groups -OCH3 is 1. The monoisotopic (exact) mass is 427 g/mol. The van der Waals surface area contributed by atoms with Crippen molar-refractivity contribution in [3.63, 3.8) is 0 Å². The number of aryl methyl sites for hydroxylation is 2. The van der Waals surface area contributed by atoms with Gasteiger partial charge >= 0.3 is 0 Å². The standard InChI is InChI=1S/C27H29N3O2/c1-18-5-7-22(15-26(18)29-27(31)23-8-6-19(2)28-16-23)20(3)30-14-13-24(17-30)21-9-11-25(32-4)12-10-21/h5-12,15-16,24H,3,13-14,17H2,1-2,4H3,(H,29,31). The van der Waals surface area contributed by atoms with Crippen molar-refractivity contribution in [3.8, 4) is 5.75 Å². The van der Waals surface area contributed by atoms with Gasteiger partial charge in [0.15, 0.2) is 0 Å². The molecule has 164 valence electrons. The van der Waals surface area contributed by atoms with Gasteiger partial charge in [-0.1, -0.05) is 30.8 Å². The molecule has 1 unspecified atom stereocenters. The lowest BCUT2D eigenvalue weighted by molar-refractivity contribution is 0.102. The zero-order valence-electron chi connectivity index (χ0n) is 18.9. The largest absolute Gasteiger partial charge is 0.497 e. The van der Waals surface area contributed by atoms with Crippen LogP contribution in [0.1, 0.15) is 45.1 Å². The minimum Gasteiger partial charge on any atom is -0.497 e. The molecule has 1 amide bonds. The molecule has 2 aromatic carbocycles. The van der Waals surface area contributed by atoms with Crippen LogP contribution in [0.3, 0.4) is 0 Å². The summed E-state index contributed by atoms with van der Waals surface area (Å²) >= 11 is 0. The summed E-state index contributed by atoms with van der Waals surface area (Å²) < 4.78 is 5.27. The summed E-state index contributed by atoms with van der Waals surface area (Å²) in [6, 6.07) is 18.1. The number of nitrogens with zero attached hydrogens (tertiary/aromatic N) is 2. The van der Waals surface area contributed by atoms with E-state index < -0.39 is 0 Å². The number of hydrogen-bond donors (Lipinski definition) is 1. The average molecular weight is 428 g/mol. The molecule has 32 heavy (non-hydrogen) atoms. The minimum atomic E-state index is -0.163. The smallest absolute Gasteiger partial charge is 0.257 e. The Morgan fingerprint density at radius 1 is 1.09 bits per heavy atom. The van der Waals surface area contributed by atoms with Crippen LogP contribution in [0.4, 0.5) is 5.69 Å². The number of rotatable bonds is 6. The lowest BCUT2D eigenvalue weighted by Gasteiger charge is -2.22. The summed E-state index contributed by atoms with van der Waals surface area (Å²) in [5.41, 5.74) is 6.55. The van der Waals surface area contributed by atoms with E-state index in [1.165, 1.54) is 5.56 Å². The first-order valence-corrected chi connectivity index (χ1v) is 10.9. The van der Waals surface area contributed by atoms with Crippen LogP contribution in [-0.4, -0.2) is 36.0 Å². The summed E-state index contributed by atoms with van der Waals surface area (Å²) in [6.07, 6.45) is 2.69. The first-order valence-electron chi connectivity index (χ1n) is 10.9. The number of carbonyl (C=O) groups excluding carboxylic acids is 1. The van der Waals surface area contributed by atoms with Crippen LogP contribution in [0.5, 0.6) is 5.75 Å². The number of ether oxygens (including phenoxy) is 1. The molecule has 0 radical (unpaired) electrons.